The number of furan rings is 1. The van der Waals surface area contributed by atoms with E-state index >= 15 is 0 Å². The second-order valence-corrected chi connectivity index (χ2v) is 4.36. The maximum absolute atomic E-state index is 5.86. The number of aryl methyl sites for hydroxylation is 1. The number of hydrogen-bond acceptors (Lipinski definition) is 3. The Morgan fingerprint density at radius 2 is 2.11 bits per heavy atom. The van der Waals surface area contributed by atoms with Gasteiger partial charge in [0.2, 0.25) is 0 Å². The zero-order valence-corrected chi connectivity index (χ0v) is 10.3. The van der Waals surface area contributed by atoms with E-state index in [0.29, 0.717) is 13.1 Å². The van der Waals surface area contributed by atoms with Crippen LogP contribution in [0.3, 0.4) is 0 Å². The van der Waals surface area contributed by atoms with E-state index in [2.05, 4.69) is 5.10 Å². The molecule has 0 amide bonds. The third-order valence-electron chi connectivity index (χ3n) is 3.07. The summed E-state index contributed by atoms with van der Waals surface area (Å²) in [6.45, 7) is 3.07. The predicted octanol–water partition coefficient (Wildman–Crippen LogP) is 2.44. The summed E-state index contributed by atoms with van der Waals surface area (Å²) in [7, 11) is 0. The molecule has 0 radical (unpaired) electrons. The standard InChI is InChI=1S/C14H15N3O/c1-10-6-7-17(16-10)9-14-12(8-15)11-4-2-3-5-13(11)18-14/h2-7H,8-9,15H2,1H3. The monoisotopic (exact) mass is 241 g/mol. The third kappa shape index (κ3) is 1.80. The van der Waals surface area contributed by atoms with Crippen LogP contribution >= 0.6 is 0 Å². The maximum Gasteiger partial charge on any atom is 0.134 e. The Bertz CT molecular complexity index is 681. The second kappa shape index (κ2) is 4.31. The van der Waals surface area contributed by atoms with Crippen LogP contribution in [0.25, 0.3) is 11.0 Å². The second-order valence-electron chi connectivity index (χ2n) is 4.36. The van der Waals surface area contributed by atoms with Crippen molar-refractivity contribution in [2.75, 3.05) is 0 Å². The Kier molecular flexibility index (Phi) is 2.64. The molecule has 0 aliphatic heterocycles. The zero-order chi connectivity index (χ0) is 12.5. The fourth-order valence-corrected chi connectivity index (χ4v) is 2.20. The Balaban J connectivity index is 2.05. The zero-order valence-electron chi connectivity index (χ0n) is 10.3. The average molecular weight is 241 g/mol. The van der Waals surface area contributed by atoms with Crippen LogP contribution in [-0.4, -0.2) is 9.78 Å². The lowest BCUT2D eigenvalue weighted by molar-refractivity contribution is 0.503. The molecule has 18 heavy (non-hydrogen) atoms. The SMILES string of the molecule is Cc1ccn(Cc2oc3ccccc3c2CN)n1. The van der Waals surface area contributed by atoms with Crippen molar-refractivity contribution in [1.82, 2.24) is 9.78 Å². The number of benzene rings is 1. The quantitative estimate of drug-likeness (QED) is 0.766. The van der Waals surface area contributed by atoms with E-state index in [1.165, 1.54) is 0 Å². The van der Waals surface area contributed by atoms with Crippen LogP contribution in [0.5, 0.6) is 0 Å². The normalized spacial score (nSPS) is 11.2. The van der Waals surface area contributed by atoms with Crippen molar-refractivity contribution in [3.8, 4) is 0 Å². The van der Waals surface area contributed by atoms with Gasteiger partial charge in [-0.3, -0.25) is 4.68 Å². The Morgan fingerprint density at radius 1 is 1.28 bits per heavy atom. The Morgan fingerprint density at radius 3 is 2.83 bits per heavy atom. The summed E-state index contributed by atoms with van der Waals surface area (Å²) in [4.78, 5) is 0. The lowest BCUT2D eigenvalue weighted by atomic mass is 10.1. The molecule has 0 aliphatic carbocycles. The van der Waals surface area contributed by atoms with Crippen LogP contribution in [0.15, 0.2) is 40.9 Å². The van der Waals surface area contributed by atoms with Gasteiger partial charge in [0.25, 0.3) is 0 Å². The van der Waals surface area contributed by atoms with Gasteiger partial charge in [-0.2, -0.15) is 5.10 Å². The molecule has 3 aromatic rings. The van der Waals surface area contributed by atoms with Gasteiger partial charge in [-0.25, -0.2) is 0 Å². The lowest BCUT2D eigenvalue weighted by Crippen LogP contribution is -2.04. The molecule has 0 saturated carbocycles. The first-order valence-corrected chi connectivity index (χ1v) is 5.97. The summed E-state index contributed by atoms with van der Waals surface area (Å²) in [5.74, 6) is 0.891. The van der Waals surface area contributed by atoms with Gasteiger partial charge in [0.05, 0.1) is 12.2 Å². The predicted molar refractivity (Wildman–Crippen MR) is 70.2 cm³/mol. The molecule has 0 fully saturated rings. The van der Waals surface area contributed by atoms with Gasteiger partial charge in [-0.05, 0) is 19.1 Å². The first-order chi connectivity index (χ1) is 8.78. The van der Waals surface area contributed by atoms with Gasteiger partial charge in [-0.15, -0.1) is 0 Å². The fourth-order valence-electron chi connectivity index (χ4n) is 2.20. The topological polar surface area (TPSA) is 57.0 Å². The molecular formula is C14H15N3O. The van der Waals surface area contributed by atoms with Crippen LogP contribution in [0.1, 0.15) is 17.0 Å². The van der Waals surface area contributed by atoms with Crippen molar-refractivity contribution >= 4 is 11.0 Å². The highest BCUT2D eigenvalue weighted by atomic mass is 16.3. The van der Waals surface area contributed by atoms with E-state index in [0.717, 1.165) is 28.0 Å². The number of nitrogens with zero attached hydrogens (tertiary/aromatic N) is 2. The first-order valence-electron chi connectivity index (χ1n) is 5.97. The van der Waals surface area contributed by atoms with Crippen molar-refractivity contribution in [1.29, 1.82) is 0 Å². The number of nitrogens with two attached hydrogens (primary N) is 1. The van der Waals surface area contributed by atoms with Gasteiger partial charge in [0.1, 0.15) is 11.3 Å². The number of rotatable bonds is 3. The average Bonchev–Trinajstić information content (AvgIpc) is 2.92. The first kappa shape index (κ1) is 11.0. The van der Waals surface area contributed by atoms with Gasteiger partial charge in [0, 0.05) is 23.7 Å². The van der Waals surface area contributed by atoms with Crippen LogP contribution in [0.2, 0.25) is 0 Å². The molecular weight excluding hydrogens is 226 g/mol. The van der Waals surface area contributed by atoms with E-state index in [4.69, 9.17) is 10.2 Å². The summed E-state index contributed by atoms with van der Waals surface area (Å²) in [5.41, 5.74) is 8.78. The Labute approximate surface area is 105 Å². The highest BCUT2D eigenvalue weighted by Crippen LogP contribution is 2.25. The molecule has 1 aromatic carbocycles. The fraction of sp³-hybridized carbons (Fsp3) is 0.214. The van der Waals surface area contributed by atoms with Gasteiger partial charge < -0.3 is 10.2 Å². The van der Waals surface area contributed by atoms with Crippen molar-refractivity contribution in [2.24, 2.45) is 5.73 Å². The molecule has 92 valence electrons. The van der Waals surface area contributed by atoms with Crippen LogP contribution < -0.4 is 5.73 Å². The summed E-state index contributed by atoms with van der Waals surface area (Å²) in [6, 6.07) is 9.95. The molecule has 0 saturated heterocycles. The maximum atomic E-state index is 5.86. The molecule has 0 unspecified atom stereocenters. The molecule has 3 rings (SSSR count). The summed E-state index contributed by atoms with van der Waals surface area (Å²) < 4.78 is 7.73. The highest BCUT2D eigenvalue weighted by molar-refractivity contribution is 5.82. The molecule has 2 heterocycles. The number of fused-ring (bicyclic) bond motifs is 1. The minimum atomic E-state index is 0.479. The summed E-state index contributed by atoms with van der Waals surface area (Å²) in [6.07, 6.45) is 1.95. The molecule has 0 bridgehead atoms. The summed E-state index contributed by atoms with van der Waals surface area (Å²) in [5, 5.41) is 5.46. The third-order valence-corrected chi connectivity index (χ3v) is 3.07. The minimum absolute atomic E-state index is 0.479. The molecule has 2 aromatic heterocycles. The van der Waals surface area contributed by atoms with E-state index < -0.39 is 0 Å². The molecule has 4 heteroatoms. The number of hydrogen-bond donors (Lipinski definition) is 1. The van der Waals surface area contributed by atoms with Crippen LogP contribution in [-0.2, 0) is 13.1 Å². The van der Waals surface area contributed by atoms with Gasteiger partial charge in [-0.1, -0.05) is 18.2 Å². The van der Waals surface area contributed by atoms with E-state index in [-0.39, 0.29) is 0 Å². The molecule has 4 nitrogen and oxygen atoms in total. The largest absolute Gasteiger partial charge is 0.459 e. The van der Waals surface area contributed by atoms with Crippen LogP contribution in [0.4, 0.5) is 0 Å². The Hall–Kier alpha value is -2.07. The van der Waals surface area contributed by atoms with E-state index in [9.17, 15) is 0 Å². The molecule has 0 atom stereocenters. The van der Waals surface area contributed by atoms with Crippen LogP contribution in [0, 0.1) is 6.92 Å². The van der Waals surface area contributed by atoms with Crippen molar-refractivity contribution in [2.45, 2.75) is 20.0 Å². The van der Waals surface area contributed by atoms with E-state index in [1.54, 1.807) is 0 Å². The van der Waals surface area contributed by atoms with Crippen molar-refractivity contribution in [3.05, 3.63) is 53.5 Å². The van der Waals surface area contributed by atoms with Crippen molar-refractivity contribution < 1.29 is 4.42 Å². The highest BCUT2D eigenvalue weighted by Gasteiger charge is 2.12. The smallest absolute Gasteiger partial charge is 0.134 e. The number of para-hydroxylation sites is 1. The van der Waals surface area contributed by atoms with Crippen molar-refractivity contribution in [3.63, 3.8) is 0 Å². The lowest BCUT2D eigenvalue weighted by Gasteiger charge is -2.00. The summed E-state index contributed by atoms with van der Waals surface area (Å²) >= 11 is 0. The van der Waals surface area contributed by atoms with E-state index in [1.807, 2.05) is 48.1 Å². The molecule has 0 aliphatic rings. The molecule has 0 spiro atoms. The number of aromatic nitrogens is 2. The minimum Gasteiger partial charge on any atom is -0.459 e. The van der Waals surface area contributed by atoms with Gasteiger partial charge >= 0.3 is 0 Å². The molecule has 2 N–H and O–H groups in total. The van der Waals surface area contributed by atoms with Gasteiger partial charge in [0.15, 0.2) is 0 Å².